The van der Waals surface area contributed by atoms with E-state index < -0.39 is 6.10 Å². The SMILES string of the molecule is Nc1ccc(O)c(CSCC(O)CO)c1. The molecule has 1 rings (SSSR count). The van der Waals surface area contributed by atoms with Crippen molar-refractivity contribution in [2.24, 2.45) is 0 Å². The molecule has 5 N–H and O–H groups in total. The Morgan fingerprint density at radius 1 is 1.40 bits per heavy atom. The van der Waals surface area contributed by atoms with Crippen LogP contribution in [0.5, 0.6) is 5.75 Å². The number of aliphatic hydroxyl groups excluding tert-OH is 2. The summed E-state index contributed by atoms with van der Waals surface area (Å²) in [6, 6.07) is 4.88. The summed E-state index contributed by atoms with van der Waals surface area (Å²) in [4.78, 5) is 0. The standard InChI is InChI=1S/C10H15NO3S/c11-8-1-2-10(14)7(3-8)5-15-6-9(13)4-12/h1-3,9,12-14H,4-6,11H2. The van der Waals surface area contributed by atoms with E-state index in [9.17, 15) is 5.11 Å². The Kier molecular flexibility index (Phi) is 4.74. The van der Waals surface area contributed by atoms with Gasteiger partial charge in [-0.3, -0.25) is 0 Å². The number of phenolic OH excluding ortho intramolecular Hbond substituents is 1. The van der Waals surface area contributed by atoms with Crippen molar-refractivity contribution in [1.82, 2.24) is 0 Å². The molecule has 0 aliphatic heterocycles. The first-order chi connectivity index (χ1) is 7.13. The molecule has 1 atom stereocenters. The van der Waals surface area contributed by atoms with Crippen LogP contribution >= 0.6 is 11.8 Å². The molecule has 84 valence electrons. The zero-order valence-electron chi connectivity index (χ0n) is 8.26. The summed E-state index contributed by atoms with van der Waals surface area (Å²) in [5, 5.41) is 27.2. The Morgan fingerprint density at radius 3 is 2.80 bits per heavy atom. The molecule has 0 saturated heterocycles. The second-order valence-corrected chi connectivity index (χ2v) is 4.27. The fourth-order valence-corrected chi connectivity index (χ4v) is 2.03. The highest BCUT2D eigenvalue weighted by Crippen LogP contribution is 2.24. The zero-order valence-corrected chi connectivity index (χ0v) is 9.07. The number of hydrogen-bond donors (Lipinski definition) is 4. The van der Waals surface area contributed by atoms with Gasteiger partial charge >= 0.3 is 0 Å². The van der Waals surface area contributed by atoms with Crippen LogP contribution in [0.1, 0.15) is 5.56 Å². The fourth-order valence-electron chi connectivity index (χ4n) is 1.08. The summed E-state index contributed by atoms with van der Waals surface area (Å²) in [7, 11) is 0. The van der Waals surface area contributed by atoms with Crippen molar-refractivity contribution in [1.29, 1.82) is 0 Å². The third-order valence-electron chi connectivity index (χ3n) is 1.88. The van der Waals surface area contributed by atoms with Crippen LogP contribution in [0.25, 0.3) is 0 Å². The Bertz CT molecular complexity index is 320. The van der Waals surface area contributed by atoms with Crippen LogP contribution in [-0.4, -0.2) is 33.8 Å². The van der Waals surface area contributed by atoms with Gasteiger partial charge in [0.2, 0.25) is 0 Å². The van der Waals surface area contributed by atoms with Gasteiger partial charge in [-0.25, -0.2) is 0 Å². The van der Waals surface area contributed by atoms with E-state index in [2.05, 4.69) is 0 Å². The number of nitrogen functional groups attached to an aromatic ring is 1. The maximum absolute atomic E-state index is 9.48. The lowest BCUT2D eigenvalue weighted by Gasteiger charge is -2.08. The van der Waals surface area contributed by atoms with E-state index in [0.717, 1.165) is 5.56 Å². The first kappa shape index (κ1) is 12.2. The number of rotatable bonds is 5. The predicted octanol–water partition coefficient (Wildman–Crippen LogP) is 0.561. The molecule has 0 heterocycles. The lowest BCUT2D eigenvalue weighted by molar-refractivity contribution is 0.113. The average molecular weight is 229 g/mol. The lowest BCUT2D eigenvalue weighted by Crippen LogP contribution is -2.14. The van der Waals surface area contributed by atoms with Gasteiger partial charge in [0.05, 0.1) is 12.7 Å². The van der Waals surface area contributed by atoms with Gasteiger partial charge in [-0.2, -0.15) is 11.8 Å². The van der Waals surface area contributed by atoms with Crippen molar-refractivity contribution in [3.05, 3.63) is 23.8 Å². The van der Waals surface area contributed by atoms with Crippen molar-refractivity contribution in [3.8, 4) is 5.75 Å². The van der Waals surface area contributed by atoms with Crippen molar-refractivity contribution in [2.45, 2.75) is 11.9 Å². The molecule has 0 amide bonds. The number of phenols is 1. The summed E-state index contributed by atoms with van der Waals surface area (Å²) < 4.78 is 0. The molecule has 1 unspecified atom stereocenters. The highest BCUT2D eigenvalue weighted by atomic mass is 32.2. The monoisotopic (exact) mass is 229 g/mol. The summed E-state index contributed by atoms with van der Waals surface area (Å²) in [6.45, 7) is -0.240. The van der Waals surface area contributed by atoms with Crippen LogP contribution in [0.15, 0.2) is 18.2 Å². The number of anilines is 1. The third kappa shape index (κ3) is 3.99. The molecule has 15 heavy (non-hydrogen) atoms. The number of thioether (sulfide) groups is 1. The molecular weight excluding hydrogens is 214 g/mol. The minimum atomic E-state index is -0.710. The topological polar surface area (TPSA) is 86.7 Å². The molecule has 0 fully saturated rings. The smallest absolute Gasteiger partial charge is 0.119 e. The van der Waals surface area contributed by atoms with Crippen molar-refractivity contribution >= 4 is 17.4 Å². The minimum Gasteiger partial charge on any atom is -0.508 e. The summed E-state index contributed by atoms with van der Waals surface area (Å²) in [5.41, 5.74) is 6.92. The van der Waals surface area contributed by atoms with Crippen LogP contribution in [0.2, 0.25) is 0 Å². The first-order valence-electron chi connectivity index (χ1n) is 4.57. The van der Waals surface area contributed by atoms with Crippen LogP contribution in [-0.2, 0) is 5.75 Å². The van der Waals surface area contributed by atoms with Gasteiger partial charge in [0, 0.05) is 22.8 Å². The minimum absolute atomic E-state index is 0.204. The lowest BCUT2D eigenvalue weighted by atomic mass is 10.2. The van der Waals surface area contributed by atoms with Gasteiger partial charge in [-0.1, -0.05) is 0 Å². The van der Waals surface area contributed by atoms with E-state index in [4.69, 9.17) is 15.9 Å². The number of aromatic hydroxyl groups is 1. The molecule has 1 aromatic rings. The quantitative estimate of drug-likeness (QED) is 0.438. The molecule has 0 bridgehead atoms. The van der Waals surface area contributed by atoms with Gasteiger partial charge in [0.1, 0.15) is 5.75 Å². The number of benzene rings is 1. The van der Waals surface area contributed by atoms with Gasteiger partial charge in [-0.05, 0) is 18.2 Å². The van der Waals surface area contributed by atoms with E-state index in [-0.39, 0.29) is 12.4 Å². The highest BCUT2D eigenvalue weighted by molar-refractivity contribution is 7.98. The normalized spacial score (nSPS) is 12.7. The molecule has 0 aliphatic carbocycles. The van der Waals surface area contributed by atoms with Crippen LogP contribution in [0, 0.1) is 0 Å². The third-order valence-corrected chi connectivity index (χ3v) is 3.02. The molecular formula is C10H15NO3S. The largest absolute Gasteiger partial charge is 0.508 e. The second kappa shape index (κ2) is 5.85. The molecule has 5 heteroatoms. The molecule has 1 aromatic carbocycles. The van der Waals surface area contributed by atoms with Crippen LogP contribution in [0.3, 0.4) is 0 Å². The fraction of sp³-hybridized carbons (Fsp3) is 0.400. The van der Waals surface area contributed by atoms with Crippen molar-refractivity contribution < 1.29 is 15.3 Å². The Hall–Kier alpha value is -0.910. The number of aliphatic hydroxyl groups is 2. The van der Waals surface area contributed by atoms with E-state index in [1.54, 1.807) is 18.2 Å². The predicted molar refractivity (Wildman–Crippen MR) is 61.8 cm³/mol. The van der Waals surface area contributed by atoms with Gasteiger partial charge in [0.15, 0.2) is 0 Å². The van der Waals surface area contributed by atoms with Crippen LogP contribution < -0.4 is 5.73 Å². The Labute approximate surface area is 92.7 Å². The van der Waals surface area contributed by atoms with Gasteiger partial charge in [0.25, 0.3) is 0 Å². The van der Waals surface area contributed by atoms with E-state index in [1.807, 2.05) is 0 Å². The van der Waals surface area contributed by atoms with Gasteiger partial charge < -0.3 is 21.1 Å². The summed E-state index contributed by atoms with van der Waals surface area (Å²) in [6.07, 6.45) is -0.710. The van der Waals surface area contributed by atoms with E-state index >= 15 is 0 Å². The first-order valence-corrected chi connectivity index (χ1v) is 5.73. The van der Waals surface area contributed by atoms with E-state index in [1.165, 1.54) is 11.8 Å². The molecule has 0 spiro atoms. The highest BCUT2D eigenvalue weighted by Gasteiger charge is 2.05. The average Bonchev–Trinajstić information content (AvgIpc) is 2.23. The Morgan fingerprint density at radius 2 is 2.13 bits per heavy atom. The summed E-state index contributed by atoms with van der Waals surface area (Å²) >= 11 is 1.44. The zero-order chi connectivity index (χ0) is 11.3. The molecule has 0 aromatic heterocycles. The molecule has 0 aliphatic rings. The molecule has 4 nitrogen and oxygen atoms in total. The van der Waals surface area contributed by atoms with Crippen molar-refractivity contribution in [2.75, 3.05) is 18.1 Å². The second-order valence-electron chi connectivity index (χ2n) is 3.24. The number of nitrogens with two attached hydrogens (primary N) is 1. The van der Waals surface area contributed by atoms with Crippen LogP contribution in [0.4, 0.5) is 5.69 Å². The maximum atomic E-state index is 9.48. The summed E-state index contributed by atoms with van der Waals surface area (Å²) in [5.74, 6) is 1.20. The number of hydrogen-bond acceptors (Lipinski definition) is 5. The Balaban J connectivity index is 2.46. The molecule has 0 radical (unpaired) electrons. The van der Waals surface area contributed by atoms with Crippen molar-refractivity contribution in [3.63, 3.8) is 0 Å². The maximum Gasteiger partial charge on any atom is 0.119 e. The molecule has 0 saturated carbocycles. The van der Waals surface area contributed by atoms with E-state index in [0.29, 0.717) is 17.2 Å². The van der Waals surface area contributed by atoms with Gasteiger partial charge in [-0.15, -0.1) is 0 Å².